The second-order valence-electron chi connectivity index (χ2n) is 13.6. The number of benzene rings is 2. The van der Waals surface area contributed by atoms with E-state index in [1.807, 2.05) is 48.5 Å². The van der Waals surface area contributed by atoms with Gasteiger partial charge < -0.3 is 25.0 Å². The van der Waals surface area contributed by atoms with Crippen LogP contribution in [0.15, 0.2) is 48.5 Å². The van der Waals surface area contributed by atoms with Crippen LogP contribution in [0.2, 0.25) is 0 Å². The summed E-state index contributed by atoms with van der Waals surface area (Å²) in [6.45, 7) is 5.12. The number of rotatable bonds is 21. The molecular weight excluding hydrogens is 576 g/mol. The van der Waals surface area contributed by atoms with E-state index in [0.29, 0.717) is 19.5 Å². The molecule has 1 unspecified atom stereocenters. The topological polar surface area (TPSA) is 91.3 Å². The lowest BCUT2D eigenvalue weighted by molar-refractivity contribution is -0.252. The summed E-state index contributed by atoms with van der Waals surface area (Å²) >= 11 is 0. The summed E-state index contributed by atoms with van der Waals surface area (Å²) in [4.78, 5) is 14.7. The number of likely N-dealkylation sites (tertiary alicyclic amines) is 1. The van der Waals surface area contributed by atoms with Crippen molar-refractivity contribution in [2.75, 3.05) is 19.6 Å². The first kappa shape index (κ1) is 36.5. The molecule has 2 saturated heterocycles. The van der Waals surface area contributed by atoms with Gasteiger partial charge in [0, 0.05) is 44.6 Å². The quantitative estimate of drug-likeness (QED) is 0.121. The van der Waals surface area contributed by atoms with Crippen molar-refractivity contribution in [3.63, 3.8) is 0 Å². The maximum atomic E-state index is 12.5. The average molecular weight is 637 g/mol. The second-order valence-corrected chi connectivity index (χ2v) is 13.6. The number of amides is 1. The first-order valence-electron chi connectivity index (χ1n) is 18.3. The first-order valence-corrected chi connectivity index (χ1v) is 18.3. The molecule has 2 aromatic rings. The third-order valence-corrected chi connectivity index (χ3v) is 9.57. The minimum atomic E-state index is -0.506. The van der Waals surface area contributed by atoms with E-state index in [-0.39, 0.29) is 30.8 Å². The van der Waals surface area contributed by atoms with Crippen LogP contribution in [0.1, 0.15) is 144 Å². The molecule has 7 nitrogen and oxygen atoms in total. The highest BCUT2D eigenvalue weighted by molar-refractivity contribution is 5.75. The molecule has 2 fully saturated rings. The number of hydrogen-bond donors (Lipinski definition) is 3. The van der Waals surface area contributed by atoms with Crippen molar-refractivity contribution < 1.29 is 24.5 Å². The molecule has 0 spiro atoms. The Morgan fingerprint density at radius 1 is 0.804 bits per heavy atom. The van der Waals surface area contributed by atoms with Crippen LogP contribution in [0.4, 0.5) is 0 Å². The van der Waals surface area contributed by atoms with Crippen molar-refractivity contribution in [3.8, 4) is 0 Å². The number of aliphatic hydroxyl groups is 2. The predicted molar refractivity (Wildman–Crippen MR) is 184 cm³/mol. The minimum Gasteiger partial charge on any atom is -0.392 e. The average Bonchev–Trinajstić information content (AvgIpc) is 3.49. The molecule has 1 amide bonds. The van der Waals surface area contributed by atoms with Gasteiger partial charge in [0.2, 0.25) is 5.91 Å². The molecule has 3 N–H and O–H groups in total. The molecule has 0 aliphatic carbocycles. The highest BCUT2D eigenvalue weighted by Gasteiger charge is 2.34. The zero-order valence-corrected chi connectivity index (χ0v) is 28.3. The van der Waals surface area contributed by atoms with Gasteiger partial charge in [-0.3, -0.25) is 9.69 Å². The fourth-order valence-corrected chi connectivity index (χ4v) is 6.68. The van der Waals surface area contributed by atoms with Crippen LogP contribution in [0.5, 0.6) is 0 Å². The Hall–Kier alpha value is -2.29. The summed E-state index contributed by atoms with van der Waals surface area (Å²) < 4.78 is 12.9. The Labute approximate surface area is 278 Å². The normalized spacial score (nSPS) is 21.9. The molecule has 0 saturated carbocycles. The third-order valence-electron chi connectivity index (χ3n) is 9.57. The fraction of sp³-hybridized carbons (Fsp3) is 0.667. The predicted octanol–water partition coefficient (Wildman–Crippen LogP) is 7.89. The standard InChI is InChI=1S/C39H60N2O5/c1-2-3-4-5-6-7-8-9-10-11-12-13-14-15-38(44)40-27-31-16-22-34(23-17-31)39-45-36(29-41-25-24-35(43)28-41)26-37(46-39)33-20-18-32(30-42)19-21-33/h16-23,35-37,39,42-43H,2-15,24-30H2,1H3,(H,40,44)/t35-,36+,37-,39?/m1/s1. The molecule has 0 radical (unpaired) electrons. The molecule has 0 aromatic heterocycles. The number of ether oxygens (including phenoxy) is 2. The number of hydrogen-bond acceptors (Lipinski definition) is 6. The van der Waals surface area contributed by atoms with Gasteiger partial charge in [-0.2, -0.15) is 0 Å². The van der Waals surface area contributed by atoms with Gasteiger partial charge in [0.15, 0.2) is 6.29 Å². The van der Waals surface area contributed by atoms with Gasteiger partial charge in [0.25, 0.3) is 0 Å². The van der Waals surface area contributed by atoms with Crippen molar-refractivity contribution in [1.82, 2.24) is 10.2 Å². The van der Waals surface area contributed by atoms with Gasteiger partial charge in [-0.25, -0.2) is 0 Å². The molecule has 0 bridgehead atoms. The summed E-state index contributed by atoms with van der Waals surface area (Å²) in [7, 11) is 0. The molecule has 46 heavy (non-hydrogen) atoms. The molecule has 256 valence electrons. The van der Waals surface area contributed by atoms with Gasteiger partial charge >= 0.3 is 0 Å². The molecule has 7 heteroatoms. The first-order chi connectivity index (χ1) is 22.5. The third kappa shape index (κ3) is 13.1. The number of aliphatic hydroxyl groups excluding tert-OH is 2. The minimum absolute atomic E-state index is 0.0176. The SMILES string of the molecule is CCCCCCCCCCCCCCCC(=O)NCc1ccc(C2O[C@H](CN3CC[C@@H](O)C3)C[C@H](c3ccc(CO)cc3)O2)cc1. The van der Waals surface area contributed by atoms with Crippen LogP contribution in [0, 0.1) is 0 Å². The van der Waals surface area contributed by atoms with E-state index in [0.717, 1.165) is 61.0 Å². The maximum Gasteiger partial charge on any atom is 0.220 e. The van der Waals surface area contributed by atoms with Crippen LogP contribution in [0.25, 0.3) is 0 Å². The Balaban J connectivity index is 1.15. The molecule has 2 aliphatic heterocycles. The number of nitrogens with zero attached hydrogens (tertiary/aromatic N) is 1. The lowest BCUT2D eigenvalue weighted by Crippen LogP contribution is -2.38. The van der Waals surface area contributed by atoms with E-state index < -0.39 is 6.29 Å². The van der Waals surface area contributed by atoms with E-state index in [2.05, 4.69) is 17.1 Å². The van der Waals surface area contributed by atoms with Crippen LogP contribution >= 0.6 is 0 Å². The largest absolute Gasteiger partial charge is 0.392 e. The lowest BCUT2D eigenvalue weighted by atomic mass is 9.99. The van der Waals surface area contributed by atoms with Gasteiger partial charge in [-0.1, -0.05) is 133 Å². The van der Waals surface area contributed by atoms with E-state index >= 15 is 0 Å². The highest BCUT2D eigenvalue weighted by Crippen LogP contribution is 2.38. The molecule has 2 heterocycles. The molecular formula is C39H60N2O5. The van der Waals surface area contributed by atoms with Gasteiger partial charge in [-0.15, -0.1) is 0 Å². The summed E-state index contributed by atoms with van der Waals surface area (Å²) in [5.41, 5.74) is 3.95. The zero-order chi connectivity index (χ0) is 32.4. The van der Waals surface area contributed by atoms with Crippen LogP contribution in [0.3, 0.4) is 0 Å². The van der Waals surface area contributed by atoms with Gasteiger partial charge in [0.1, 0.15) is 0 Å². The number of nitrogens with one attached hydrogen (secondary N) is 1. The van der Waals surface area contributed by atoms with Crippen molar-refractivity contribution in [2.24, 2.45) is 0 Å². The Morgan fingerprint density at radius 2 is 1.39 bits per heavy atom. The van der Waals surface area contributed by atoms with Crippen LogP contribution < -0.4 is 5.32 Å². The summed E-state index contributed by atoms with van der Waals surface area (Å²) in [6, 6.07) is 16.1. The maximum absolute atomic E-state index is 12.5. The summed E-state index contributed by atoms with van der Waals surface area (Å²) in [5.74, 6) is 0.121. The number of β-amino-alcohol motifs (C(OH)–C–C–N with tert-alkyl or cyclic N) is 1. The monoisotopic (exact) mass is 636 g/mol. The smallest absolute Gasteiger partial charge is 0.220 e. The van der Waals surface area contributed by atoms with Gasteiger partial charge in [-0.05, 0) is 29.5 Å². The molecule has 2 aliphatic rings. The molecule has 2 aromatic carbocycles. The van der Waals surface area contributed by atoms with Crippen LogP contribution in [-0.2, 0) is 27.4 Å². The van der Waals surface area contributed by atoms with Crippen molar-refractivity contribution in [3.05, 3.63) is 70.8 Å². The Bertz CT molecular complexity index is 1110. The van der Waals surface area contributed by atoms with Crippen molar-refractivity contribution in [1.29, 1.82) is 0 Å². The lowest BCUT2D eigenvalue weighted by Gasteiger charge is -2.37. The molecule has 4 rings (SSSR count). The van der Waals surface area contributed by atoms with Crippen molar-refractivity contribution >= 4 is 5.91 Å². The van der Waals surface area contributed by atoms with E-state index in [4.69, 9.17) is 9.47 Å². The fourth-order valence-electron chi connectivity index (χ4n) is 6.68. The number of carbonyl (C=O) groups is 1. The second kappa shape index (κ2) is 20.8. The highest BCUT2D eigenvalue weighted by atomic mass is 16.7. The van der Waals surface area contributed by atoms with Crippen LogP contribution in [-0.4, -0.2) is 52.9 Å². The Morgan fingerprint density at radius 3 is 1.98 bits per heavy atom. The number of carbonyl (C=O) groups excluding carboxylic acids is 1. The molecule has 4 atom stereocenters. The van der Waals surface area contributed by atoms with E-state index in [1.165, 1.54) is 70.6 Å². The van der Waals surface area contributed by atoms with E-state index in [1.54, 1.807) is 0 Å². The van der Waals surface area contributed by atoms with Crippen molar-refractivity contribution in [2.45, 2.75) is 147 Å². The summed E-state index contributed by atoms with van der Waals surface area (Å²) in [6.07, 6.45) is 18.2. The Kier molecular flexibility index (Phi) is 16.6. The van der Waals surface area contributed by atoms with Gasteiger partial charge in [0.05, 0.1) is 24.9 Å². The summed E-state index contributed by atoms with van der Waals surface area (Å²) in [5, 5.41) is 22.6. The number of unbranched alkanes of at least 4 members (excludes halogenated alkanes) is 12. The van der Waals surface area contributed by atoms with E-state index in [9.17, 15) is 15.0 Å². The zero-order valence-electron chi connectivity index (χ0n) is 28.3.